The number of hydrogen-bond donors (Lipinski definition) is 0. The van der Waals surface area contributed by atoms with E-state index in [0.29, 0.717) is 5.57 Å². The van der Waals surface area contributed by atoms with Gasteiger partial charge in [-0.3, -0.25) is 9.59 Å². The van der Waals surface area contributed by atoms with Crippen LogP contribution < -0.4 is 0 Å². The zero-order valence-electron chi connectivity index (χ0n) is 15.5. The average Bonchev–Trinajstić information content (AvgIpc) is 2.73. The molecule has 2 aromatic rings. The van der Waals surface area contributed by atoms with Crippen LogP contribution in [0.15, 0.2) is 67.2 Å². The summed E-state index contributed by atoms with van der Waals surface area (Å²) < 4.78 is 9.86. The first-order chi connectivity index (χ1) is 13.0. The molecular weight excluding hydrogens is 340 g/mol. The molecule has 4 nitrogen and oxygen atoms in total. The van der Waals surface area contributed by atoms with Crippen molar-refractivity contribution in [1.29, 1.82) is 0 Å². The second-order valence-electron chi connectivity index (χ2n) is 6.06. The van der Waals surface area contributed by atoms with Crippen molar-refractivity contribution in [2.45, 2.75) is 12.8 Å². The smallest absolute Gasteiger partial charge is 0.324 e. The van der Waals surface area contributed by atoms with E-state index in [1.165, 1.54) is 14.2 Å². The summed E-state index contributed by atoms with van der Waals surface area (Å²) in [5.74, 6) is 4.54. The Labute approximate surface area is 159 Å². The zero-order chi connectivity index (χ0) is 19.7. The largest absolute Gasteiger partial charge is 0.468 e. The molecular formula is C23H22O4. The molecule has 0 unspecified atom stereocenters. The van der Waals surface area contributed by atoms with Gasteiger partial charge >= 0.3 is 11.9 Å². The third-order valence-corrected chi connectivity index (χ3v) is 4.25. The molecule has 0 aliphatic rings. The van der Waals surface area contributed by atoms with Gasteiger partial charge in [-0.05, 0) is 23.3 Å². The Hall–Kier alpha value is -3.32. The van der Waals surface area contributed by atoms with E-state index >= 15 is 0 Å². The molecule has 138 valence electrons. The Morgan fingerprint density at radius 3 is 1.96 bits per heavy atom. The van der Waals surface area contributed by atoms with Gasteiger partial charge in [-0.2, -0.15) is 0 Å². The van der Waals surface area contributed by atoms with Crippen LogP contribution in [0.4, 0.5) is 0 Å². The van der Waals surface area contributed by atoms with Crippen molar-refractivity contribution >= 4 is 17.5 Å². The normalized spacial score (nSPS) is 10.3. The summed E-state index contributed by atoms with van der Waals surface area (Å²) in [6.07, 6.45) is 0.0208. The van der Waals surface area contributed by atoms with Gasteiger partial charge in [0.05, 0.1) is 14.2 Å². The number of carbonyl (C=O) groups is 2. The molecule has 2 aromatic carbocycles. The third kappa shape index (κ3) is 4.86. The van der Waals surface area contributed by atoms with Crippen molar-refractivity contribution in [1.82, 2.24) is 0 Å². The van der Waals surface area contributed by atoms with Crippen LogP contribution in [-0.4, -0.2) is 26.2 Å². The molecule has 0 aromatic heterocycles. The Kier molecular flexibility index (Phi) is 6.96. The van der Waals surface area contributed by atoms with Gasteiger partial charge in [0.1, 0.15) is 0 Å². The highest BCUT2D eigenvalue weighted by Gasteiger charge is 2.48. The van der Waals surface area contributed by atoms with Gasteiger partial charge < -0.3 is 9.47 Å². The van der Waals surface area contributed by atoms with Crippen LogP contribution in [0.3, 0.4) is 0 Å². The lowest BCUT2D eigenvalue weighted by Crippen LogP contribution is -2.41. The van der Waals surface area contributed by atoms with Gasteiger partial charge in [0, 0.05) is 18.4 Å². The average molecular weight is 362 g/mol. The topological polar surface area (TPSA) is 52.6 Å². The summed E-state index contributed by atoms with van der Waals surface area (Å²) in [7, 11) is 2.49. The molecule has 0 bridgehead atoms. The molecule has 0 heterocycles. The van der Waals surface area contributed by atoms with Crippen LogP contribution in [0.5, 0.6) is 0 Å². The lowest BCUT2D eigenvalue weighted by Gasteiger charge is -2.27. The minimum absolute atomic E-state index is 0.0346. The lowest BCUT2D eigenvalue weighted by atomic mass is 9.77. The van der Waals surface area contributed by atoms with Crippen LogP contribution in [0.2, 0.25) is 0 Å². The second-order valence-corrected chi connectivity index (χ2v) is 6.06. The van der Waals surface area contributed by atoms with E-state index in [4.69, 9.17) is 9.47 Å². The highest BCUT2D eigenvalue weighted by atomic mass is 16.5. The molecule has 4 heteroatoms. The fourth-order valence-corrected chi connectivity index (χ4v) is 2.78. The first-order valence-electron chi connectivity index (χ1n) is 8.47. The summed E-state index contributed by atoms with van der Waals surface area (Å²) in [6, 6.07) is 18.7. The fraction of sp³-hybridized carbons (Fsp3) is 0.217. The van der Waals surface area contributed by atoms with Crippen molar-refractivity contribution in [2.24, 2.45) is 5.41 Å². The molecule has 0 saturated heterocycles. The first kappa shape index (κ1) is 20.0. The molecule has 27 heavy (non-hydrogen) atoms. The predicted octanol–water partition coefficient (Wildman–Crippen LogP) is 3.86. The van der Waals surface area contributed by atoms with E-state index in [-0.39, 0.29) is 12.8 Å². The minimum Gasteiger partial charge on any atom is -0.468 e. The van der Waals surface area contributed by atoms with Crippen molar-refractivity contribution in [3.8, 4) is 11.8 Å². The van der Waals surface area contributed by atoms with Crippen LogP contribution >= 0.6 is 0 Å². The van der Waals surface area contributed by atoms with Gasteiger partial charge in [0.2, 0.25) is 0 Å². The summed E-state index contributed by atoms with van der Waals surface area (Å²) >= 11 is 0. The van der Waals surface area contributed by atoms with Crippen molar-refractivity contribution < 1.29 is 19.1 Å². The summed E-state index contributed by atoms with van der Waals surface area (Å²) in [5.41, 5.74) is 0.694. The zero-order valence-corrected chi connectivity index (χ0v) is 15.5. The van der Waals surface area contributed by atoms with Crippen LogP contribution in [0, 0.1) is 17.3 Å². The van der Waals surface area contributed by atoms with Gasteiger partial charge in [0.15, 0.2) is 5.41 Å². The number of rotatable bonds is 6. The molecule has 0 atom stereocenters. The molecule has 0 spiro atoms. The number of methoxy groups -OCH3 is 2. The molecule has 0 radical (unpaired) electrons. The van der Waals surface area contributed by atoms with Crippen LogP contribution in [0.1, 0.15) is 24.0 Å². The van der Waals surface area contributed by atoms with Crippen molar-refractivity contribution in [3.63, 3.8) is 0 Å². The first-order valence-corrected chi connectivity index (χ1v) is 8.47. The molecule has 0 N–H and O–H groups in total. The lowest BCUT2D eigenvalue weighted by molar-refractivity contribution is -0.168. The van der Waals surface area contributed by atoms with Crippen molar-refractivity contribution in [3.05, 3.63) is 78.4 Å². The fourth-order valence-electron chi connectivity index (χ4n) is 2.78. The molecule has 2 rings (SSSR count). The van der Waals surface area contributed by atoms with Crippen molar-refractivity contribution in [2.75, 3.05) is 14.2 Å². The van der Waals surface area contributed by atoms with Gasteiger partial charge in [-0.15, -0.1) is 0 Å². The number of benzene rings is 2. The number of carbonyl (C=O) groups excluding carboxylic acids is 2. The Morgan fingerprint density at radius 2 is 1.44 bits per heavy atom. The molecule has 0 aliphatic carbocycles. The van der Waals surface area contributed by atoms with E-state index in [2.05, 4.69) is 18.4 Å². The number of allylic oxidation sites excluding steroid dienone is 1. The van der Waals surface area contributed by atoms with Crippen LogP contribution in [0.25, 0.3) is 5.57 Å². The monoisotopic (exact) mass is 362 g/mol. The SMILES string of the molecule is C=C(CC(CC#Cc1ccccc1)(C(=O)OC)C(=O)OC)c1ccccc1. The summed E-state index contributed by atoms with van der Waals surface area (Å²) in [5, 5.41) is 0. The maximum atomic E-state index is 12.6. The van der Waals surface area contributed by atoms with E-state index < -0.39 is 17.4 Å². The van der Waals surface area contributed by atoms with E-state index in [1.807, 2.05) is 60.7 Å². The molecule has 0 aliphatic heterocycles. The maximum absolute atomic E-state index is 12.6. The highest BCUT2D eigenvalue weighted by Crippen LogP contribution is 2.36. The van der Waals surface area contributed by atoms with Gasteiger partial charge in [-0.1, -0.05) is 67.0 Å². The van der Waals surface area contributed by atoms with E-state index in [0.717, 1.165) is 11.1 Å². The highest BCUT2D eigenvalue weighted by molar-refractivity contribution is 6.02. The summed E-state index contributed by atoms with van der Waals surface area (Å²) in [6.45, 7) is 4.05. The number of ether oxygens (including phenoxy) is 2. The van der Waals surface area contributed by atoms with Gasteiger partial charge in [-0.25, -0.2) is 0 Å². The number of esters is 2. The third-order valence-electron chi connectivity index (χ3n) is 4.25. The van der Waals surface area contributed by atoms with Gasteiger partial charge in [0.25, 0.3) is 0 Å². The number of hydrogen-bond acceptors (Lipinski definition) is 4. The Balaban J connectivity index is 2.37. The molecule has 0 saturated carbocycles. The summed E-state index contributed by atoms with van der Waals surface area (Å²) in [4.78, 5) is 25.2. The Morgan fingerprint density at radius 1 is 0.926 bits per heavy atom. The minimum atomic E-state index is -1.57. The second kappa shape index (κ2) is 9.40. The maximum Gasteiger partial charge on any atom is 0.324 e. The predicted molar refractivity (Wildman–Crippen MR) is 104 cm³/mol. The quantitative estimate of drug-likeness (QED) is 0.445. The standard InChI is InChI=1S/C23H22O4/c1-18(20-14-8-5-9-15-20)17-23(21(24)26-2,22(25)27-3)16-10-13-19-11-6-4-7-12-19/h4-9,11-12,14-15H,1,16-17H2,2-3H3. The molecule has 0 fully saturated rings. The Bertz CT molecular complexity index is 842. The van der Waals surface area contributed by atoms with E-state index in [9.17, 15) is 9.59 Å². The molecule has 0 amide bonds. The van der Waals surface area contributed by atoms with E-state index in [1.54, 1.807) is 0 Å². The van der Waals surface area contributed by atoms with Crippen LogP contribution in [-0.2, 0) is 19.1 Å².